The van der Waals surface area contributed by atoms with Crippen molar-refractivity contribution in [2.24, 2.45) is 0 Å². The van der Waals surface area contributed by atoms with Crippen LogP contribution in [0.25, 0.3) is 0 Å². The maximum absolute atomic E-state index is 8.26. The van der Waals surface area contributed by atoms with Crippen LogP contribution in [-0.2, 0) is 18.9 Å². The summed E-state index contributed by atoms with van der Waals surface area (Å²) in [5.41, 5.74) is 0. The predicted octanol–water partition coefficient (Wildman–Crippen LogP) is 1.62. The molecule has 3 N–H and O–H groups in total. The van der Waals surface area contributed by atoms with Crippen molar-refractivity contribution in [3.63, 3.8) is 0 Å². The van der Waals surface area contributed by atoms with Gasteiger partial charge in [-0.15, -0.1) is 0 Å². The van der Waals surface area contributed by atoms with Gasteiger partial charge in [0.2, 0.25) is 0 Å². The van der Waals surface area contributed by atoms with Gasteiger partial charge in [0.15, 0.2) is 0 Å². The smallest absolute Gasteiger partial charge is 0.0701 e. The first-order valence-corrected chi connectivity index (χ1v) is 9.38. The minimum absolute atomic E-state index is 0.0278. The SMILES string of the molecule is CCCCOCCCC.CCOCCOCCO.OCCOCCO. The molecule has 0 fully saturated rings. The van der Waals surface area contributed by atoms with E-state index in [1.807, 2.05) is 6.92 Å². The zero-order valence-corrected chi connectivity index (χ0v) is 16.6. The number of ether oxygens (including phenoxy) is 4. The van der Waals surface area contributed by atoms with Crippen LogP contribution in [0.1, 0.15) is 46.5 Å². The van der Waals surface area contributed by atoms with Crippen LogP contribution in [-0.4, -0.2) is 88.0 Å². The minimum Gasteiger partial charge on any atom is -0.394 e. The number of aliphatic hydroxyl groups excluding tert-OH is 3. The molecular formula is C18H42O7. The third-order valence-electron chi connectivity index (χ3n) is 2.57. The Balaban J connectivity index is -0.000000293. The molecule has 0 saturated carbocycles. The molecule has 0 saturated heterocycles. The summed E-state index contributed by atoms with van der Waals surface area (Å²) in [6, 6.07) is 0. The Bertz CT molecular complexity index is 153. The van der Waals surface area contributed by atoms with Crippen LogP contribution in [0.3, 0.4) is 0 Å². The van der Waals surface area contributed by atoms with Crippen molar-refractivity contribution in [1.82, 2.24) is 0 Å². The van der Waals surface area contributed by atoms with Crippen molar-refractivity contribution in [2.75, 3.05) is 72.7 Å². The molecule has 0 aliphatic rings. The molecule has 0 radical (unpaired) electrons. The van der Waals surface area contributed by atoms with E-state index in [4.69, 9.17) is 29.5 Å². The second-order valence-electron chi connectivity index (χ2n) is 4.91. The van der Waals surface area contributed by atoms with Crippen LogP contribution in [0.4, 0.5) is 0 Å². The summed E-state index contributed by atoms with van der Waals surface area (Å²) >= 11 is 0. The number of unbranched alkanes of at least 4 members (excludes halogenated alkanes) is 2. The number of aliphatic hydroxyl groups is 3. The molecule has 7 nitrogen and oxygen atoms in total. The van der Waals surface area contributed by atoms with Gasteiger partial charge in [-0.2, -0.15) is 0 Å². The monoisotopic (exact) mass is 370 g/mol. The molecule has 0 aromatic rings. The van der Waals surface area contributed by atoms with Gasteiger partial charge in [0.05, 0.1) is 52.9 Å². The van der Waals surface area contributed by atoms with Gasteiger partial charge in [-0.25, -0.2) is 0 Å². The maximum atomic E-state index is 8.26. The topological polar surface area (TPSA) is 97.6 Å². The molecule has 156 valence electrons. The molecule has 0 rings (SSSR count). The fourth-order valence-corrected chi connectivity index (χ4v) is 1.25. The first-order chi connectivity index (χ1) is 12.2. The molecule has 0 heterocycles. The van der Waals surface area contributed by atoms with Crippen molar-refractivity contribution >= 4 is 0 Å². The van der Waals surface area contributed by atoms with Crippen LogP contribution >= 0.6 is 0 Å². The van der Waals surface area contributed by atoms with E-state index in [1.165, 1.54) is 25.7 Å². The second-order valence-corrected chi connectivity index (χ2v) is 4.91. The molecule has 0 aliphatic heterocycles. The summed E-state index contributed by atoms with van der Waals surface area (Å²) in [5.74, 6) is 0. The Kier molecular flexibility index (Phi) is 41.2. The summed E-state index contributed by atoms with van der Waals surface area (Å²) in [6.07, 6.45) is 4.91. The van der Waals surface area contributed by atoms with Gasteiger partial charge in [-0.3, -0.25) is 0 Å². The summed E-state index contributed by atoms with van der Waals surface area (Å²) < 4.78 is 19.8. The molecule has 0 aliphatic carbocycles. The highest BCUT2D eigenvalue weighted by Crippen LogP contribution is 1.91. The highest BCUT2D eigenvalue weighted by atomic mass is 16.5. The lowest BCUT2D eigenvalue weighted by atomic mass is 10.3. The summed E-state index contributed by atoms with van der Waals surface area (Å²) in [7, 11) is 0. The van der Waals surface area contributed by atoms with E-state index in [-0.39, 0.29) is 19.8 Å². The van der Waals surface area contributed by atoms with Gasteiger partial charge in [-0.05, 0) is 19.8 Å². The Morgan fingerprint density at radius 3 is 1.20 bits per heavy atom. The lowest BCUT2D eigenvalue weighted by Gasteiger charge is -2.00. The molecule has 0 bridgehead atoms. The van der Waals surface area contributed by atoms with Gasteiger partial charge in [0.1, 0.15) is 0 Å². The number of hydrogen-bond acceptors (Lipinski definition) is 7. The largest absolute Gasteiger partial charge is 0.394 e. The zero-order valence-electron chi connectivity index (χ0n) is 16.6. The van der Waals surface area contributed by atoms with Crippen molar-refractivity contribution in [2.45, 2.75) is 46.5 Å². The molecule has 0 amide bonds. The van der Waals surface area contributed by atoms with Gasteiger partial charge in [0, 0.05) is 19.8 Å². The van der Waals surface area contributed by atoms with E-state index in [1.54, 1.807) is 0 Å². The van der Waals surface area contributed by atoms with E-state index in [9.17, 15) is 0 Å². The van der Waals surface area contributed by atoms with Crippen molar-refractivity contribution < 1.29 is 34.3 Å². The third-order valence-corrected chi connectivity index (χ3v) is 2.57. The lowest BCUT2D eigenvalue weighted by Crippen LogP contribution is -2.06. The fourth-order valence-electron chi connectivity index (χ4n) is 1.25. The molecule has 25 heavy (non-hydrogen) atoms. The highest BCUT2D eigenvalue weighted by molar-refractivity contribution is 4.34. The van der Waals surface area contributed by atoms with Crippen molar-refractivity contribution in [3.8, 4) is 0 Å². The maximum Gasteiger partial charge on any atom is 0.0701 e. The molecule has 0 aromatic carbocycles. The number of hydrogen-bond donors (Lipinski definition) is 3. The van der Waals surface area contributed by atoms with Crippen LogP contribution in [0.15, 0.2) is 0 Å². The van der Waals surface area contributed by atoms with E-state index >= 15 is 0 Å². The summed E-state index contributed by atoms with van der Waals surface area (Å²) in [4.78, 5) is 0. The van der Waals surface area contributed by atoms with Crippen molar-refractivity contribution in [3.05, 3.63) is 0 Å². The van der Waals surface area contributed by atoms with Gasteiger partial charge >= 0.3 is 0 Å². The van der Waals surface area contributed by atoms with Crippen LogP contribution in [0.2, 0.25) is 0 Å². The van der Waals surface area contributed by atoms with E-state index in [0.29, 0.717) is 33.0 Å². The van der Waals surface area contributed by atoms with Crippen LogP contribution in [0, 0.1) is 0 Å². The fraction of sp³-hybridized carbons (Fsp3) is 1.00. The molecular weight excluding hydrogens is 328 g/mol. The van der Waals surface area contributed by atoms with E-state index < -0.39 is 0 Å². The Labute approximate surface area is 154 Å². The Hall–Kier alpha value is -0.280. The average Bonchev–Trinajstić information content (AvgIpc) is 2.63. The summed E-state index contributed by atoms with van der Waals surface area (Å²) in [5, 5.41) is 24.4. The number of rotatable bonds is 16. The van der Waals surface area contributed by atoms with Crippen molar-refractivity contribution in [1.29, 1.82) is 0 Å². The first kappa shape index (κ1) is 29.5. The van der Waals surface area contributed by atoms with Gasteiger partial charge < -0.3 is 34.3 Å². The summed E-state index contributed by atoms with van der Waals surface area (Å²) in [6.45, 7) is 11.3. The average molecular weight is 371 g/mol. The van der Waals surface area contributed by atoms with E-state index in [2.05, 4.69) is 18.6 Å². The highest BCUT2D eigenvalue weighted by Gasteiger charge is 1.85. The standard InChI is InChI=1S/C8H18O.C6H14O3.C4H10O3/c1-3-5-7-9-8-6-4-2;1-2-8-5-6-9-4-3-7;5-1-3-7-4-2-6/h3-8H2,1-2H3;7H,2-6H2,1H3;5-6H,1-4H2. The first-order valence-electron chi connectivity index (χ1n) is 9.38. The van der Waals surface area contributed by atoms with Crippen LogP contribution < -0.4 is 0 Å². The third kappa shape index (κ3) is 45.3. The Morgan fingerprint density at radius 1 is 0.480 bits per heavy atom. The zero-order chi connectivity index (χ0) is 19.4. The predicted molar refractivity (Wildman–Crippen MR) is 100 cm³/mol. The minimum atomic E-state index is 0.0278. The molecule has 0 unspecified atom stereocenters. The molecule has 0 spiro atoms. The van der Waals surface area contributed by atoms with E-state index in [0.717, 1.165) is 19.8 Å². The normalized spacial score (nSPS) is 9.84. The molecule has 7 heteroatoms. The van der Waals surface area contributed by atoms with Gasteiger partial charge in [-0.1, -0.05) is 26.7 Å². The molecule has 0 aromatic heterocycles. The second kappa shape index (κ2) is 34.9. The lowest BCUT2D eigenvalue weighted by molar-refractivity contribution is 0.0370. The quantitative estimate of drug-likeness (QED) is 0.355. The Morgan fingerprint density at radius 2 is 0.840 bits per heavy atom. The van der Waals surface area contributed by atoms with Crippen LogP contribution in [0.5, 0.6) is 0 Å². The molecule has 0 atom stereocenters. The van der Waals surface area contributed by atoms with Gasteiger partial charge in [0.25, 0.3) is 0 Å².